The van der Waals surface area contributed by atoms with Crippen molar-refractivity contribution in [3.8, 4) is 0 Å². The lowest BCUT2D eigenvalue weighted by Gasteiger charge is -2.19. The van der Waals surface area contributed by atoms with Crippen LogP contribution >= 0.6 is 23.6 Å². The van der Waals surface area contributed by atoms with Gasteiger partial charge in [-0.3, -0.25) is 14.0 Å². The predicted molar refractivity (Wildman–Crippen MR) is 98.6 cm³/mol. The third-order valence-corrected chi connectivity index (χ3v) is 5.88. The molecule has 1 amide bonds. The van der Waals surface area contributed by atoms with Gasteiger partial charge in [0.1, 0.15) is 10.5 Å². The van der Waals surface area contributed by atoms with Crippen LogP contribution in [-0.2, 0) is 0 Å². The maximum atomic E-state index is 13.0. The number of likely N-dealkylation sites (tertiary alicyclic amines) is 1. The van der Waals surface area contributed by atoms with E-state index in [0.29, 0.717) is 19.9 Å². The van der Waals surface area contributed by atoms with Crippen LogP contribution in [-0.4, -0.2) is 33.3 Å². The van der Waals surface area contributed by atoms with Crippen LogP contribution in [0.4, 0.5) is 0 Å². The van der Waals surface area contributed by atoms with Crippen LogP contribution in [0.25, 0.3) is 16.6 Å². The van der Waals surface area contributed by atoms with Crippen LogP contribution in [0.2, 0.25) is 0 Å². The molecule has 7 heteroatoms. The third kappa shape index (κ3) is 2.48. The zero-order chi connectivity index (χ0) is 16.7. The number of carbonyl (C=O) groups is 1. The number of aromatic nitrogens is 2. The van der Waals surface area contributed by atoms with E-state index in [2.05, 4.69) is 4.98 Å². The van der Waals surface area contributed by atoms with Crippen molar-refractivity contribution in [1.82, 2.24) is 14.3 Å². The highest BCUT2D eigenvalue weighted by molar-refractivity contribution is 7.73. The number of hydrogen-bond acceptors (Lipinski definition) is 4. The number of aromatic amines is 1. The SMILES string of the molecule is O=C(c1sc(=S)n2c1[nH]c(=O)c1ccccc12)N1CCCCCC1. The maximum Gasteiger partial charge on any atom is 0.267 e. The number of fused-ring (bicyclic) bond motifs is 3. The summed E-state index contributed by atoms with van der Waals surface area (Å²) in [5, 5.41) is 0.577. The molecule has 1 N–H and O–H groups in total. The van der Waals surface area contributed by atoms with Crippen LogP contribution in [0.1, 0.15) is 35.4 Å². The van der Waals surface area contributed by atoms with E-state index in [1.54, 1.807) is 6.07 Å². The standard InChI is InChI=1S/C17H17N3O2S2/c21-15-11-7-3-4-8-12(11)20-14(18-15)13(24-17(20)23)16(22)19-9-5-1-2-6-10-19/h3-4,7-8H,1-2,5-6,9-10H2,(H,18,21). The van der Waals surface area contributed by atoms with Crippen molar-refractivity contribution in [3.05, 3.63) is 43.5 Å². The summed E-state index contributed by atoms with van der Waals surface area (Å²) in [6.45, 7) is 1.54. The van der Waals surface area contributed by atoms with Crippen LogP contribution < -0.4 is 5.56 Å². The number of benzene rings is 1. The van der Waals surface area contributed by atoms with Crippen molar-refractivity contribution < 1.29 is 4.79 Å². The summed E-state index contributed by atoms with van der Waals surface area (Å²) >= 11 is 6.76. The lowest BCUT2D eigenvalue weighted by atomic mass is 10.2. The number of amides is 1. The van der Waals surface area contributed by atoms with Gasteiger partial charge in [-0.15, -0.1) is 0 Å². The smallest absolute Gasteiger partial charge is 0.267 e. The molecule has 24 heavy (non-hydrogen) atoms. The minimum Gasteiger partial charge on any atom is -0.338 e. The minimum absolute atomic E-state index is 0.0265. The molecule has 1 aliphatic heterocycles. The molecule has 1 aromatic carbocycles. The number of para-hydroxylation sites is 1. The van der Waals surface area contributed by atoms with Gasteiger partial charge in [-0.05, 0) is 37.2 Å². The molecule has 1 aliphatic rings. The lowest BCUT2D eigenvalue weighted by molar-refractivity contribution is 0.0768. The van der Waals surface area contributed by atoms with Gasteiger partial charge in [-0.1, -0.05) is 36.3 Å². The van der Waals surface area contributed by atoms with Gasteiger partial charge in [-0.25, -0.2) is 0 Å². The second-order valence-electron chi connectivity index (χ2n) is 6.06. The normalized spacial score (nSPS) is 15.8. The zero-order valence-corrected chi connectivity index (χ0v) is 14.7. The lowest BCUT2D eigenvalue weighted by Crippen LogP contribution is -2.31. The summed E-state index contributed by atoms with van der Waals surface area (Å²) in [7, 11) is 0. The Morgan fingerprint density at radius 2 is 1.83 bits per heavy atom. The molecular weight excluding hydrogens is 342 g/mol. The summed E-state index contributed by atoms with van der Waals surface area (Å²) in [4.78, 5) is 30.7. The molecule has 2 aromatic heterocycles. The first kappa shape index (κ1) is 15.5. The summed E-state index contributed by atoms with van der Waals surface area (Å²) < 4.78 is 2.39. The summed E-state index contributed by atoms with van der Waals surface area (Å²) in [6, 6.07) is 7.32. The number of rotatable bonds is 1. The summed E-state index contributed by atoms with van der Waals surface area (Å²) in [5.74, 6) is -0.0265. The van der Waals surface area contributed by atoms with E-state index >= 15 is 0 Å². The van der Waals surface area contributed by atoms with Crippen molar-refractivity contribution >= 4 is 46.0 Å². The van der Waals surface area contributed by atoms with Crippen molar-refractivity contribution in [2.45, 2.75) is 25.7 Å². The number of nitrogens with zero attached hydrogens (tertiary/aromatic N) is 2. The highest BCUT2D eigenvalue weighted by atomic mass is 32.1. The highest BCUT2D eigenvalue weighted by Crippen LogP contribution is 2.24. The molecule has 0 atom stereocenters. The molecule has 5 nitrogen and oxygen atoms in total. The van der Waals surface area contributed by atoms with Crippen molar-refractivity contribution in [2.75, 3.05) is 13.1 Å². The molecular formula is C17H17N3O2S2. The number of hydrogen-bond donors (Lipinski definition) is 1. The monoisotopic (exact) mass is 359 g/mol. The Bertz CT molecular complexity index is 1040. The number of thiazole rings is 1. The quantitative estimate of drug-likeness (QED) is 0.676. The van der Waals surface area contributed by atoms with Crippen molar-refractivity contribution in [2.24, 2.45) is 0 Å². The van der Waals surface area contributed by atoms with Gasteiger partial charge in [0.25, 0.3) is 11.5 Å². The van der Waals surface area contributed by atoms with Crippen molar-refractivity contribution in [1.29, 1.82) is 0 Å². The summed E-state index contributed by atoms with van der Waals surface area (Å²) in [5.41, 5.74) is 1.07. The van der Waals surface area contributed by atoms with E-state index in [9.17, 15) is 9.59 Å². The third-order valence-electron chi connectivity index (χ3n) is 4.52. The first-order valence-corrected chi connectivity index (χ1v) is 9.35. The molecule has 124 valence electrons. The van der Waals surface area contributed by atoms with Gasteiger partial charge >= 0.3 is 0 Å². The second-order valence-corrected chi connectivity index (χ2v) is 7.70. The molecule has 0 bridgehead atoms. The van der Waals surface area contributed by atoms with Crippen LogP contribution in [0.15, 0.2) is 29.1 Å². The molecule has 0 unspecified atom stereocenters. The van der Waals surface area contributed by atoms with E-state index in [0.717, 1.165) is 44.3 Å². The average Bonchev–Trinajstić information content (AvgIpc) is 2.78. The van der Waals surface area contributed by atoms with Crippen LogP contribution in [0, 0.1) is 3.95 Å². The van der Waals surface area contributed by atoms with E-state index < -0.39 is 0 Å². The fraction of sp³-hybridized carbons (Fsp3) is 0.353. The molecule has 0 radical (unpaired) electrons. The molecule has 1 fully saturated rings. The van der Waals surface area contributed by atoms with E-state index in [4.69, 9.17) is 12.2 Å². The zero-order valence-electron chi connectivity index (χ0n) is 13.1. The Kier molecular flexibility index (Phi) is 3.97. The fourth-order valence-electron chi connectivity index (χ4n) is 3.30. The Labute approximate surface area is 147 Å². The summed E-state index contributed by atoms with van der Waals surface area (Å²) in [6.07, 6.45) is 4.39. The molecule has 0 saturated carbocycles. The van der Waals surface area contributed by atoms with Gasteiger partial charge in [-0.2, -0.15) is 0 Å². The predicted octanol–water partition coefficient (Wildman–Crippen LogP) is 3.59. The second kappa shape index (κ2) is 6.14. The van der Waals surface area contributed by atoms with Gasteiger partial charge in [0.05, 0.1) is 10.9 Å². The molecule has 0 spiro atoms. The number of H-pyrrole nitrogens is 1. The molecule has 0 aliphatic carbocycles. The first-order chi connectivity index (χ1) is 11.7. The highest BCUT2D eigenvalue weighted by Gasteiger charge is 2.23. The topological polar surface area (TPSA) is 57.6 Å². The molecule has 1 saturated heterocycles. The van der Waals surface area contributed by atoms with Crippen molar-refractivity contribution in [3.63, 3.8) is 0 Å². The van der Waals surface area contributed by atoms with Gasteiger partial charge in [0.2, 0.25) is 0 Å². The van der Waals surface area contributed by atoms with E-state index in [-0.39, 0.29) is 11.5 Å². The molecule has 4 rings (SSSR count). The Balaban J connectivity index is 1.92. The Morgan fingerprint density at radius 3 is 2.58 bits per heavy atom. The fourth-order valence-corrected chi connectivity index (χ4v) is 4.65. The van der Waals surface area contributed by atoms with Gasteiger partial charge in [0, 0.05) is 13.1 Å². The number of nitrogens with one attached hydrogen (secondary N) is 1. The average molecular weight is 359 g/mol. The maximum absolute atomic E-state index is 13.0. The van der Waals surface area contributed by atoms with Crippen LogP contribution in [0.3, 0.4) is 0 Å². The number of carbonyl (C=O) groups excluding carboxylic acids is 1. The minimum atomic E-state index is -0.191. The van der Waals surface area contributed by atoms with Gasteiger partial charge in [0.15, 0.2) is 3.95 Å². The largest absolute Gasteiger partial charge is 0.338 e. The first-order valence-electron chi connectivity index (χ1n) is 8.12. The molecule has 3 heterocycles. The molecule has 3 aromatic rings. The van der Waals surface area contributed by atoms with E-state index in [1.165, 1.54) is 11.3 Å². The van der Waals surface area contributed by atoms with Gasteiger partial charge < -0.3 is 9.88 Å². The Morgan fingerprint density at radius 1 is 1.12 bits per heavy atom. The van der Waals surface area contributed by atoms with Crippen LogP contribution in [0.5, 0.6) is 0 Å². The Hall–Kier alpha value is -1.99. The van der Waals surface area contributed by atoms with E-state index in [1.807, 2.05) is 27.5 Å².